The Kier molecular flexibility index (Phi) is 4.59. The number of piperidine rings is 1. The molecule has 0 spiro atoms. The number of hydrogen-bond donors (Lipinski definition) is 1. The first-order chi connectivity index (χ1) is 9.91. The molecule has 2 aliphatic rings. The molecule has 0 aromatic rings. The Morgan fingerprint density at radius 1 is 1.24 bits per heavy atom. The summed E-state index contributed by atoms with van der Waals surface area (Å²) in [5.41, 5.74) is 0. The highest BCUT2D eigenvalue weighted by Gasteiger charge is 2.37. The molecule has 0 radical (unpaired) electrons. The summed E-state index contributed by atoms with van der Waals surface area (Å²) in [6.45, 7) is 2.29. The molecule has 3 amide bonds. The number of imide groups is 1. The Hall–Kier alpha value is -1.92. The molecule has 2 saturated heterocycles. The van der Waals surface area contributed by atoms with Gasteiger partial charge in [-0.05, 0) is 18.8 Å². The van der Waals surface area contributed by atoms with Crippen LogP contribution in [0.15, 0.2) is 0 Å². The SMILES string of the molecule is CC1CCCN(C(=O)CCN2C(=O)CCC2=O)C1C(=O)O. The van der Waals surface area contributed by atoms with Gasteiger partial charge in [-0.15, -0.1) is 0 Å². The lowest BCUT2D eigenvalue weighted by Gasteiger charge is -2.37. The van der Waals surface area contributed by atoms with E-state index < -0.39 is 12.0 Å². The van der Waals surface area contributed by atoms with Gasteiger partial charge in [-0.3, -0.25) is 19.3 Å². The van der Waals surface area contributed by atoms with Gasteiger partial charge >= 0.3 is 5.97 Å². The molecule has 0 bridgehead atoms. The summed E-state index contributed by atoms with van der Waals surface area (Å²) in [5, 5.41) is 9.28. The van der Waals surface area contributed by atoms with Crippen molar-refractivity contribution < 1.29 is 24.3 Å². The van der Waals surface area contributed by atoms with Crippen molar-refractivity contribution in [3.8, 4) is 0 Å². The normalized spacial score (nSPS) is 26.3. The number of nitrogens with zero attached hydrogens (tertiary/aromatic N) is 2. The van der Waals surface area contributed by atoms with Crippen LogP contribution >= 0.6 is 0 Å². The summed E-state index contributed by atoms with van der Waals surface area (Å²) in [5.74, 6) is -1.90. The molecule has 0 saturated carbocycles. The summed E-state index contributed by atoms with van der Waals surface area (Å²) in [6, 6.07) is -0.809. The number of likely N-dealkylation sites (tertiary alicyclic amines) is 2. The van der Waals surface area contributed by atoms with Crippen molar-refractivity contribution in [2.75, 3.05) is 13.1 Å². The van der Waals surface area contributed by atoms with Crippen molar-refractivity contribution >= 4 is 23.7 Å². The fraction of sp³-hybridized carbons (Fsp3) is 0.714. The van der Waals surface area contributed by atoms with Crippen LogP contribution in [0.1, 0.15) is 39.0 Å². The second kappa shape index (κ2) is 6.24. The molecule has 2 unspecified atom stereocenters. The maximum absolute atomic E-state index is 12.2. The first-order valence-electron chi connectivity index (χ1n) is 7.27. The van der Waals surface area contributed by atoms with Gasteiger partial charge in [0, 0.05) is 32.4 Å². The second-order valence-electron chi connectivity index (χ2n) is 5.68. The summed E-state index contributed by atoms with van der Waals surface area (Å²) in [4.78, 5) is 49.0. The molecule has 0 aromatic carbocycles. The summed E-state index contributed by atoms with van der Waals surface area (Å²) >= 11 is 0. The molecule has 116 valence electrons. The van der Waals surface area contributed by atoms with Crippen molar-refractivity contribution in [1.29, 1.82) is 0 Å². The predicted octanol–water partition coefficient (Wildman–Crippen LogP) is 0.237. The van der Waals surface area contributed by atoms with E-state index in [1.54, 1.807) is 0 Å². The molecule has 2 rings (SSSR count). The largest absolute Gasteiger partial charge is 0.480 e. The zero-order valence-corrected chi connectivity index (χ0v) is 12.1. The van der Waals surface area contributed by atoms with E-state index in [-0.39, 0.29) is 49.4 Å². The van der Waals surface area contributed by atoms with E-state index in [1.165, 1.54) is 4.90 Å². The van der Waals surface area contributed by atoms with E-state index in [1.807, 2.05) is 6.92 Å². The minimum Gasteiger partial charge on any atom is -0.480 e. The third kappa shape index (κ3) is 3.22. The number of aliphatic carboxylic acids is 1. The zero-order valence-electron chi connectivity index (χ0n) is 12.1. The lowest BCUT2D eigenvalue weighted by Crippen LogP contribution is -2.52. The molecule has 2 heterocycles. The standard InChI is InChI=1S/C14H20N2O5/c1-9-3-2-7-16(13(9)14(20)21)12(19)6-8-15-10(17)4-5-11(15)18/h9,13H,2-8H2,1H3,(H,20,21). The summed E-state index contributed by atoms with van der Waals surface area (Å²) in [6.07, 6.45) is 1.95. The van der Waals surface area contributed by atoms with Crippen LogP contribution in [0.2, 0.25) is 0 Å². The first-order valence-corrected chi connectivity index (χ1v) is 7.27. The number of carbonyl (C=O) groups is 4. The van der Waals surface area contributed by atoms with Crippen molar-refractivity contribution in [3.05, 3.63) is 0 Å². The van der Waals surface area contributed by atoms with Gasteiger partial charge in [-0.2, -0.15) is 0 Å². The van der Waals surface area contributed by atoms with Crippen LogP contribution in [0.5, 0.6) is 0 Å². The van der Waals surface area contributed by atoms with Crippen LogP contribution in [-0.2, 0) is 19.2 Å². The summed E-state index contributed by atoms with van der Waals surface area (Å²) in [7, 11) is 0. The van der Waals surface area contributed by atoms with Gasteiger partial charge in [0.15, 0.2) is 0 Å². The van der Waals surface area contributed by atoms with Crippen molar-refractivity contribution in [1.82, 2.24) is 9.80 Å². The van der Waals surface area contributed by atoms with Crippen molar-refractivity contribution in [2.24, 2.45) is 5.92 Å². The quantitative estimate of drug-likeness (QED) is 0.750. The Bertz CT molecular complexity index is 460. The third-order valence-electron chi connectivity index (χ3n) is 4.21. The monoisotopic (exact) mass is 296 g/mol. The molecule has 2 atom stereocenters. The van der Waals surface area contributed by atoms with Crippen LogP contribution in [0.25, 0.3) is 0 Å². The molecule has 0 aliphatic carbocycles. The fourth-order valence-electron chi connectivity index (χ4n) is 3.07. The van der Waals surface area contributed by atoms with E-state index in [2.05, 4.69) is 0 Å². The number of carboxylic acids is 1. The maximum Gasteiger partial charge on any atom is 0.326 e. The highest BCUT2D eigenvalue weighted by molar-refractivity contribution is 6.02. The smallest absolute Gasteiger partial charge is 0.326 e. The average molecular weight is 296 g/mol. The fourth-order valence-corrected chi connectivity index (χ4v) is 3.07. The number of hydrogen-bond acceptors (Lipinski definition) is 4. The molecule has 7 heteroatoms. The lowest BCUT2D eigenvalue weighted by molar-refractivity contribution is -0.155. The van der Waals surface area contributed by atoms with Crippen molar-refractivity contribution in [3.63, 3.8) is 0 Å². The van der Waals surface area contributed by atoms with Gasteiger partial charge < -0.3 is 10.0 Å². The highest BCUT2D eigenvalue weighted by atomic mass is 16.4. The van der Waals surface area contributed by atoms with Crippen LogP contribution in [0.4, 0.5) is 0 Å². The van der Waals surface area contributed by atoms with Crippen molar-refractivity contribution in [2.45, 2.75) is 45.1 Å². The van der Waals surface area contributed by atoms with Gasteiger partial charge in [-0.25, -0.2) is 4.79 Å². The number of rotatable bonds is 4. The van der Waals surface area contributed by atoms with E-state index in [4.69, 9.17) is 0 Å². The van der Waals surface area contributed by atoms with Crippen LogP contribution in [0, 0.1) is 5.92 Å². The first kappa shape index (κ1) is 15.5. The van der Waals surface area contributed by atoms with Gasteiger partial charge in [0.2, 0.25) is 17.7 Å². The average Bonchev–Trinajstić information content (AvgIpc) is 2.74. The van der Waals surface area contributed by atoms with Gasteiger partial charge in [0.25, 0.3) is 0 Å². The van der Waals surface area contributed by atoms with Gasteiger partial charge in [0.1, 0.15) is 6.04 Å². The number of carbonyl (C=O) groups excluding carboxylic acids is 3. The van der Waals surface area contributed by atoms with Crippen LogP contribution in [-0.4, -0.2) is 57.7 Å². The van der Waals surface area contributed by atoms with Crippen LogP contribution in [0.3, 0.4) is 0 Å². The molecular weight excluding hydrogens is 276 g/mol. The minimum atomic E-state index is -0.996. The molecule has 21 heavy (non-hydrogen) atoms. The topological polar surface area (TPSA) is 95.0 Å². The van der Waals surface area contributed by atoms with E-state index in [9.17, 15) is 24.3 Å². The van der Waals surface area contributed by atoms with E-state index in [0.717, 1.165) is 17.7 Å². The third-order valence-corrected chi connectivity index (χ3v) is 4.21. The lowest BCUT2D eigenvalue weighted by atomic mass is 9.90. The number of carboxylic acid groups (broad SMARTS) is 1. The molecule has 0 aromatic heterocycles. The van der Waals surface area contributed by atoms with Gasteiger partial charge in [0.05, 0.1) is 0 Å². The Morgan fingerprint density at radius 2 is 1.86 bits per heavy atom. The van der Waals surface area contributed by atoms with E-state index in [0.29, 0.717) is 6.54 Å². The maximum atomic E-state index is 12.2. The molecule has 1 N–H and O–H groups in total. The predicted molar refractivity (Wildman–Crippen MR) is 72.1 cm³/mol. The minimum absolute atomic E-state index is 0.00597. The molecule has 2 aliphatic heterocycles. The molecular formula is C14H20N2O5. The second-order valence-corrected chi connectivity index (χ2v) is 5.68. The Labute approximate surface area is 122 Å². The number of amides is 3. The molecule has 7 nitrogen and oxygen atoms in total. The Balaban J connectivity index is 1.97. The van der Waals surface area contributed by atoms with Gasteiger partial charge in [-0.1, -0.05) is 6.92 Å². The Morgan fingerprint density at radius 3 is 2.43 bits per heavy atom. The summed E-state index contributed by atoms with van der Waals surface area (Å²) < 4.78 is 0. The van der Waals surface area contributed by atoms with Crippen LogP contribution < -0.4 is 0 Å². The molecule has 2 fully saturated rings. The zero-order chi connectivity index (χ0) is 15.6. The van der Waals surface area contributed by atoms with E-state index >= 15 is 0 Å². The highest BCUT2D eigenvalue weighted by Crippen LogP contribution is 2.24.